The predicted octanol–water partition coefficient (Wildman–Crippen LogP) is 3.43. The second-order valence-electron chi connectivity index (χ2n) is 8.51. The fraction of sp³-hybridized carbons (Fsp3) is 0.391. The van der Waals surface area contributed by atoms with Gasteiger partial charge < -0.3 is 9.88 Å². The van der Waals surface area contributed by atoms with E-state index in [4.69, 9.17) is 4.98 Å². The summed E-state index contributed by atoms with van der Waals surface area (Å²) in [5.41, 5.74) is 4.67. The van der Waals surface area contributed by atoms with Crippen molar-refractivity contribution in [2.75, 3.05) is 26.2 Å². The van der Waals surface area contributed by atoms with Crippen LogP contribution in [0.3, 0.4) is 0 Å². The minimum Gasteiger partial charge on any atom is -0.336 e. The minimum atomic E-state index is -0.00308. The molecule has 0 saturated carbocycles. The molecule has 1 amide bonds. The number of nitrogens with zero attached hydrogens (tertiary/aromatic N) is 4. The van der Waals surface area contributed by atoms with Gasteiger partial charge in [0.2, 0.25) is 0 Å². The van der Waals surface area contributed by atoms with Crippen molar-refractivity contribution < 1.29 is 4.79 Å². The Bertz CT molecular complexity index is 1380. The number of hydrogen-bond acceptors (Lipinski definition) is 7. The molecule has 2 aliphatic rings. The Morgan fingerprint density at radius 2 is 1.97 bits per heavy atom. The van der Waals surface area contributed by atoms with Gasteiger partial charge in [-0.2, -0.15) is 0 Å². The third kappa shape index (κ3) is 3.54. The largest absolute Gasteiger partial charge is 0.336 e. The number of fused-ring (bicyclic) bond motifs is 4. The number of rotatable bonds is 3. The van der Waals surface area contributed by atoms with E-state index in [0.29, 0.717) is 25.2 Å². The molecular weight excluding hydrogens is 442 g/mol. The minimum absolute atomic E-state index is 0.00308. The maximum Gasteiger partial charge on any atom is 0.259 e. The summed E-state index contributed by atoms with van der Waals surface area (Å²) < 4.78 is 1.04. The van der Waals surface area contributed by atoms with Crippen molar-refractivity contribution in [3.05, 3.63) is 55.9 Å². The van der Waals surface area contributed by atoms with Crippen LogP contribution in [0.2, 0.25) is 0 Å². The highest BCUT2D eigenvalue weighted by atomic mass is 32.1. The van der Waals surface area contributed by atoms with Crippen molar-refractivity contribution in [2.45, 2.75) is 32.2 Å². The van der Waals surface area contributed by atoms with Crippen LogP contribution in [0.1, 0.15) is 39.5 Å². The van der Waals surface area contributed by atoms with Gasteiger partial charge in [-0.3, -0.25) is 14.5 Å². The molecular formula is C23H23N5O2S2. The molecule has 0 bridgehead atoms. The van der Waals surface area contributed by atoms with Gasteiger partial charge in [0, 0.05) is 36.6 Å². The number of amides is 1. The van der Waals surface area contributed by atoms with Crippen LogP contribution in [-0.2, 0) is 19.4 Å². The van der Waals surface area contributed by atoms with Gasteiger partial charge in [-0.15, -0.1) is 22.7 Å². The summed E-state index contributed by atoms with van der Waals surface area (Å²) in [7, 11) is 0. The number of hydrogen-bond donors (Lipinski definition) is 1. The van der Waals surface area contributed by atoms with Gasteiger partial charge in [-0.1, -0.05) is 0 Å². The van der Waals surface area contributed by atoms with Crippen LogP contribution in [0, 0.1) is 0 Å². The van der Waals surface area contributed by atoms with Gasteiger partial charge in [0.25, 0.3) is 11.5 Å². The molecule has 0 atom stereocenters. The fourth-order valence-electron chi connectivity index (χ4n) is 4.77. The zero-order valence-corrected chi connectivity index (χ0v) is 19.2. The first kappa shape index (κ1) is 20.0. The number of aromatic nitrogens is 3. The van der Waals surface area contributed by atoms with E-state index in [1.54, 1.807) is 28.2 Å². The van der Waals surface area contributed by atoms with Crippen LogP contribution >= 0.6 is 22.7 Å². The molecule has 9 heteroatoms. The molecule has 1 aromatic carbocycles. The van der Waals surface area contributed by atoms with E-state index < -0.39 is 0 Å². The summed E-state index contributed by atoms with van der Waals surface area (Å²) in [6, 6.07) is 5.71. The van der Waals surface area contributed by atoms with E-state index in [-0.39, 0.29) is 11.5 Å². The van der Waals surface area contributed by atoms with E-state index >= 15 is 0 Å². The van der Waals surface area contributed by atoms with Gasteiger partial charge in [-0.05, 0) is 49.4 Å². The highest BCUT2D eigenvalue weighted by molar-refractivity contribution is 7.18. The fourth-order valence-corrected chi connectivity index (χ4v) is 6.77. The number of benzene rings is 1. The number of H-pyrrole nitrogens is 1. The van der Waals surface area contributed by atoms with Gasteiger partial charge >= 0.3 is 0 Å². The monoisotopic (exact) mass is 465 g/mol. The molecule has 1 N–H and O–H groups in total. The average Bonchev–Trinajstić information content (AvgIpc) is 3.43. The molecule has 4 heterocycles. The lowest BCUT2D eigenvalue weighted by molar-refractivity contribution is 0.0625. The van der Waals surface area contributed by atoms with Gasteiger partial charge in [0.15, 0.2) is 0 Å². The number of aryl methyl sites for hydroxylation is 2. The van der Waals surface area contributed by atoms with Crippen LogP contribution in [0.5, 0.6) is 0 Å². The summed E-state index contributed by atoms with van der Waals surface area (Å²) in [6.07, 6.45) is 4.41. The van der Waals surface area contributed by atoms with Crippen LogP contribution in [0.4, 0.5) is 0 Å². The second-order valence-corrected chi connectivity index (χ2v) is 10.5. The van der Waals surface area contributed by atoms with Crippen LogP contribution < -0.4 is 5.56 Å². The van der Waals surface area contributed by atoms with Crippen molar-refractivity contribution >= 4 is 49.0 Å². The molecule has 0 radical (unpaired) electrons. The van der Waals surface area contributed by atoms with Crippen LogP contribution in [-0.4, -0.2) is 56.8 Å². The van der Waals surface area contributed by atoms with Crippen molar-refractivity contribution in [1.29, 1.82) is 0 Å². The zero-order chi connectivity index (χ0) is 21.7. The average molecular weight is 466 g/mol. The number of piperazine rings is 1. The molecule has 6 rings (SSSR count). The summed E-state index contributed by atoms with van der Waals surface area (Å²) in [4.78, 5) is 44.2. The third-order valence-corrected chi connectivity index (χ3v) is 8.46. The number of carbonyl (C=O) groups is 1. The Morgan fingerprint density at radius 1 is 1.12 bits per heavy atom. The predicted molar refractivity (Wildman–Crippen MR) is 128 cm³/mol. The zero-order valence-electron chi connectivity index (χ0n) is 17.6. The smallest absolute Gasteiger partial charge is 0.259 e. The highest BCUT2D eigenvalue weighted by Crippen LogP contribution is 2.33. The lowest BCUT2D eigenvalue weighted by Gasteiger charge is -2.34. The molecule has 7 nitrogen and oxygen atoms in total. The molecule has 32 heavy (non-hydrogen) atoms. The number of nitrogens with one attached hydrogen (secondary N) is 1. The van der Waals surface area contributed by atoms with Gasteiger partial charge in [-0.25, -0.2) is 9.97 Å². The molecule has 164 valence electrons. The first-order valence-electron chi connectivity index (χ1n) is 11.0. The number of aromatic amines is 1. The Kier molecular flexibility index (Phi) is 5.04. The topological polar surface area (TPSA) is 82.2 Å². The summed E-state index contributed by atoms with van der Waals surface area (Å²) >= 11 is 3.24. The number of thiophene rings is 1. The first-order valence-corrected chi connectivity index (χ1v) is 12.7. The molecule has 1 aliphatic carbocycles. The lowest BCUT2D eigenvalue weighted by Crippen LogP contribution is -2.48. The standard InChI is InChI=1S/C23H23N5O2S2/c29-21-20-15-3-1-2-4-17(15)32-22(20)26-19(25-21)12-27-7-9-28(10-8-27)23(30)14-5-6-16-18(11-14)31-13-24-16/h5-6,11,13H,1-4,7-10,12H2,(H,25,26,29). The molecule has 3 aromatic heterocycles. The van der Waals surface area contributed by atoms with Crippen LogP contribution in [0.25, 0.3) is 20.4 Å². The van der Waals surface area contributed by atoms with Crippen LogP contribution in [0.15, 0.2) is 28.5 Å². The number of carbonyl (C=O) groups excluding carboxylic acids is 1. The van der Waals surface area contributed by atoms with Gasteiger partial charge in [0.05, 0.1) is 27.7 Å². The van der Waals surface area contributed by atoms with Crippen molar-refractivity contribution in [3.63, 3.8) is 0 Å². The number of thiazole rings is 1. The van der Waals surface area contributed by atoms with E-state index in [1.165, 1.54) is 16.9 Å². The molecule has 1 aliphatic heterocycles. The van der Waals surface area contributed by atoms with E-state index in [0.717, 1.165) is 58.6 Å². The third-order valence-electron chi connectivity index (χ3n) is 6.49. The maximum atomic E-state index is 13.0. The Morgan fingerprint density at radius 3 is 2.84 bits per heavy atom. The van der Waals surface area contributed by atoms with Gasteiger partial charge in [0.1, 0.15) is 10.7 Å². The summed E-state index contributed by atoms with van der Waals surface area (Å²) in [5, 5.41) is 0.807. The molecule has 4 aromatic rings. The first-order chi connectivity index (χ1) is 15.7. The Labute approximate surface area is 192 Å². The van der Waals surface area contributed by atoms with Crippen molar-refractivity contribution in [2.24, 2.45) is 0 Å². The molecule has 0 spiro atoms. The quantitative estimate of drug-likeness (QED) is 0.501. The van der Waals surface area contributed by atoms with E-state index in [1.807, 2.05) is 23.1 Å². The Hall–Kier alpha value is -2.62. The highest BCUT2D eigenvalue weighted by Gasteiger charge is 2.24. The normalized spacial score (nSPS) is 17.2. The van der Waals surface area contributed by atoms with E-state index in [2.05, 4.69) is 14.9 Å². The molecule has 0 unspecified atom stereocenters. The SMILES string of the molecule is O=C(c1ccc2ncsc2c1)N1CCN(Cc2nc3sc4c(c3c(=O)[nH]2)CCCC4)CC1. The maximum absolute atomic E-state index is 13.0. The second kappa shape index (κ2) is 8.06. The molecule has 1 fully saturated rings. The van der Waals surface area contributed by atoms with Crippen molar-refractivity contribution in [1.82, 2.24) is 24.8 Å². The summed E-state index contributed by atoms with van der Waals surface area (Å²) in [5.74, 6) is 0.786. The van der Waals surface area contributed by atoms with E-state index in [9.17, 15) is 9.59 Å². The summed E-state index contributed by atoms with van der Waals surface area (Å²) in [6.45, 7) is 3.45. The van der Waals surface area contributed by atoms with Crippen molar-refractivity contribution in [3.8, 4) is 0 Å². The lowest BCUT2D eigenvalue weighted by atomic mass is 9.97. The molecule has 1 saturated heterocycles. The Balaban J connectivity index is 1.14.